The molecule has 0 saturated carbocycles. The van der Waals surface area contributed by atoms with Gasteiger partial charge in [-0.3, -0.25) is 4.79 Å². The SMILES string of the molecule is O=C(O)C(=O)Nc1ccc(N2CCC3(CCOC3)CC2)cc1. The molecule has 22 heavy (non-hydrogen) atoms. The molecule has 0 aliphatic carbocycles. The van der Waals surface area contributed by atoms with Crippen molar-refractivity contribution in [3.05, 3.63) is 24.3 Å². The lowest BCUT2D eigenvalue weighted by Gasteiger charge is -2.39. The van der Waals surface area contributed by atoms with Crippen LogP contribution in [0.15, 0.2) is 24.3 Å². The molecule has 0 unspecified atom stereocenters. The number of piperidine rings is 1. The number of amides is 1. The summed E-state index contributed by atoms with van der Waals surface area (Å²) >= 11 is 0. The van der Waals surface area contributed by atoms with Crippen molar-refractivity contribution in [3.63, 3.8) is 0 Å². The summed E-state index contributed by atoms with van der Waals surface area (Å²) in [5.41, 5.74) is 1.97. The van der Waals surface area contributed by atoms with E-state index in [2.05, 4.69) is 10.2 Å². The Morgan fingerprint density at radius 3 is 2.36 bits per heavy atom. The number of carbonyl (C=O) groups excluding carboxylic acids is 1. The van der Waals surface area contributed by atoms with Gasteiger partial charge in [-0.2, -0.15) is 0 Å². The van der Waals surface area contributed by atoms with Crippen LogP contribution >= 0.6 is 0 Å². The van der Waals surface area contributed by atoms with E-state index in [0.717, 1.165) is 44.8 Å². The maximum atomic E-state index is 11.1. The summed E-state index contributed by atoms with van der Waals surface area (Å²) in [7, 11) is 0. The highest BCUT2D eigenvalue weighted by molar-refractivity contribution is 6.36. The molecular weight excluding hydrogens is 284 g/mol. The van der Waals surface area contributed by atoms with Gasteiger partial charge < -0.3 is 20.1 Å². The second-order valence-electron chi connectivity index (χ2n) is 6.10. The Kier molecular flexibility index (Phi) is 4.02. The van der Waals surface area contributed by atoms with E-state index in [1.165, 1.54) is 6.42 Å². The molecule has 6 nitrogen and oxygen atoms in total. The Labute approximate surface area is 129 Å². The summed E-state index contributed by atoms with van der Waals surface area (Å²) in [5, 5.41) is 10.9. The maximum Gasteiger partial charge on any atom is 0.394 e. The van der Waals surface area contributed by atoms with Crippen molar-refractivity contribution in [2.75, 3.05) is 36.5 Å². The minimum atomic E-state index is -1.48. The number of nitrogens with zero attached hydrogens (tertiary/aromatic N) is 1. The molecule has 1 amide bonds. The minimum absolute atomic E-state index is 0.381. The lowest BCUT2D eigenvalue weighted by atomic mass is 9.78. The van der Waals surface area contributed by atoms with Crippen molar-refractivity contribution in [1.29, 1.82) is 0 Å². The predicted octanol–water partition coefficient (Wildman–Crippen LogP) is 1.72. The topological polar surface area (TPSA) is 78.9 Å². The molecule has 118 valence electrons. The van der Waals surface area contributed by atoms with E-state index in [9.17, 15) is 9.59 Å². The van der Waals surface area contributed by atoms with Crippen LogP contribution in [0.3, 0.4) is 0 Å². The van der Waals surface area contributed by atoms with Crippen molar-refractivity contribution >= 4 is 23.3 Å². The number of benzene rings is 1. The predicted molar refractivity (Wildman–Crippen MR) is 82.0 cm³/mol. The Hall–Kier alpha value is -2.08. The van der Waals surface area contributed by atoms with Gasteiger partial charge in [0.05, 0.1) is 6.61 Å². The number of aliphatic carboxylic acids is 1. The van der Waals surface area contributed by atoms with Crippen LogP contribution in [-0.2, 0) is 14.3 Å². The lowest BCUT2D eigenvalue weighted by molar-refractivity contribution is -0.147. The van der Waals surface area contributed by atoms with Crippen LogP contribution in [0.1, 0.15) is 19.3 Å². The van der Waals surface area contributed by atoms with Crippen molar-refractivity contribution in [1.82, 2.24) is 0 Å². The summed E-state index contributed by atoms with van der Waals surface area (Å²) in [5.74, 6) is -2.50. The monoisotopic (exact) mass is 304 g/mol. The Balaban J connectivity index is 1.59. The fraction of sp³-hybridized carbons (Fsp3) is 0.500. The molecule has 2 aliphatic rings. The molecule has 1 aromatic carbocycles. The largest absolute Gasteiger partial charge is 0.474 e. The van der Waals surface area contributed by atoms with E-state index in [4.69, 9.17) is 9.84 Å². The first-order chi connectivity index (χ1) is 10.6. The fourth-order valence-corrected chi connectivity index (χ4v) is 3.22. The second-order valence-corrected chi connectivity index (χ2v) is 6.10. The smallest absolute Gasteiger partial charge is 0.394 e. The average Bonchev–Trinajstić information content (AvgIpc) is 2.97. The van der Waals surface area contributed by atoms with Crippen LogP contribution in [0.5, 0.6) is 0 Å². The zero-order chi connectivity index (χ0) is 15.6. The van der Waals surface area contributed by atoms with Gasteiger partial charge in [-0.15, -0.1) is 0 Å². The number of carboxylic acids is 1. The van der Waals surface area contributed by atoms with E-state index in [1.807, 2.05) is 12.1 Å². The first-order valence-electron chi connectivity index (χ1n) is 7.55. The number of nitrogens with one attached hydrogen (secondary N) is 1. The number of ether oxygens (including phenoxy) is 1. The molecule has 2 N–H and O–H groups in total. The van der Waals surface area contributed by atoms with E-state index in [1.54, 1.807) is 12.1 Å². The number of carboxylic acid groups (broad SMARTS) is 1. The van der Waals surface area contributed by atoms with Crippen molar-refractivity contribution < 1.29 is 19.4 Å². The van der Waals surface area contributed by atoms with Crippen LogP contribution in [0, 0.1) is 5.41 Å². The van der Waals surface area contributed by atoms with Gasteiger partial charge in [0.1, 0.15) is 0 Å². The summed E-state index contributed by atoms with van der Waals surface area (Å²) in [6.45, 7) is 3.79. The van der Waals surface area contributed by atoms with E-state index in [-0.39, 0.29) is 0 Å². The van der Waals surface area contributed by atoms with E-state index in [0.29, 0.717) is 11.1 Å². The Bertz CT molecular complexity index is 554. The minimum Gasteiger partial charge on any atom is -0.474 e. The third-order valence-electron chi connectivity index (χ3n) is 4.69. The third kappa shape index (κ3) is 3.06. The van der Waals surface area contributed by atoms with Crippen LogP contribution in [-0.4, -0.2) is 43.3 Å². The molecular formula is C16H20N2O4. The van der Waals surface area contributed by atoms with Crippen LogP contribution < -0.4 is 10.2 Å². The van der Waals surface area contributed by atoms with Gasteiger partial charge in [-0.25, -0.2) is 4.79 Å². The molecule has 2 fully saturated rings. The molecule has 1 aromatic rings. The zero-order valence-electron chi connectivity index (χ0n) is 12.4. The van der Waals surface area contributed by atoms with Crippen LogP contribution in [0.25, 0.3) is 0 Å². The molecule has 0 radical (unpaired) electrons. The summed E-state index contributed by atoms with van der Waals surface area (Å²) in [6.07, 6.45) is 3.45. The molecule has 2 aliphatic heterocycles. The average molecular weight is 304 g/mol. The van der Waals surface area contributed by atoms with Gasteiger partial charge in [0.15, 0.2) is 0 Å². The van der Waals surface area contributed by atoms with Crippen molar-refractivity contribution in [3.8, 4) is 0 Å². The highest BCUT2D eigenvalue weighted by Crippen LogP contribution is 2.40. The first kappa shape index (κ1) is 14.8. The Morgan fingerprint density at radius 1 is 1.14 bits per heavy atom. The number of hydrogen-bond donors (Lipinski definition) is 2. The number of hydrogen-bond acceptors (Lipinski definition) is 4. The van der Waals surface area contributed by atoms with E-state index >= 15 is 0 Å². The van der Waals surface area contributed by atoms with Gasteiger partial charge in [0.2, 0.25) is 0 Å². The summed E-state index contributed by atoms with van der Waals surface area (Å²) in [4.78, 5) is 23.9. The Morgan fingerprint density at radius 2 is 1.82 bits per heavy atom. The molecule has 2 heterocycles. The van der Waals surface area contributed by atoms with Crippen LogP contribution in [0.4, 0.5) is 11.4 Å². The number of carbonyl (C=O) groups is 2. The van der Waals surface area contributed by atoms with Gasteiger partial charge in [0.25, 0.3) is 0 Å². The quantitative estimate of drug-likeness (QED) is 0.813. The molecule has 0 aromatic heterocycles. The number of anilines is 2. The third-order valence-corrected chi connectivity index (χ3v) is 4.69. The molecule has 0 bridgehead atoms. The zero-order valence-corrected chi connectivity index (χ0v) is 12.4. The van der Waals surface area contributed by atoms with Gasteiger partial charge in [-0.1, -0.05) is 0 Å². The van der Waals surface area contributed by atoms with Gasteiger partial charge in [-0.05, 0) is 48.9 Å². The van der Waals surface area contributed by atoms with Crippen molar-refractivity contribution in [2.45, 2.75) is 19.3 Å². The van der Waals surface area contributed by atoms with Gasteiger partial charge >= 0.3 is 11.9 Å². The van der Waals surface area contributed by atoms with Gasteiger partial charge in [0, 0.05) is 31.1 Å². The lowest BCUT2D eigenvalue weighted by Crippen LogP contribution is -2.40. The van der Waals surface area contributed by atoms with Crippen molar-refractivity contribution in [2.24, 2.45) is 5.41 Å². The highest BCUT2D eigenvalue weighted by Gasteiger charge is 2.37. The molecule has 3 rings (SSSR count). The number of rotatable bonds is 2. The maximum absolute atomic E-state index is 11.1. The van der Waals surface area contributed by atoms with Crippen LogP contribution in [0.2, 0.25) is 0 Å². The molecule has 6 heteroatoms. The fourth-order valence-electron chi connectivity index (χ4n) is 3.22. The normalized spacial score (nSPS) is 20.1. The summed E-state index contributed by atoms with van der Waals surface area (Å²) in [6, 6.07) is 7.31. The first-order valence-corrected chi connectivity index (χ1v) is 7.55. The molecule has 2 saturated heterocycles. The summed E-state index contributed by atoms with van der Waals surface area (Å²) < 4.78 is 5.54. The molecule has 0 atom stereocenters. The second kappa shape index (κ2) is 5.96. The highest BCUT2D eigenvalue weighted by atomic mass is 16.5. The standard InChI is InChI=1S/C16H20N2O4/c19-14(15(20)21)17-12-1-3-13(4-2-12)18-8-5-16(6-9-18)7-10-22-11-16/h1-4H,5-11H2,(H,17,19)(H,20,21). The molecule has 1 spiro atoms. The van der Waals surface area contributed by atoms with E-state index < -0.39 is 11.9 Å².